The second-order valence-electron chi connectivity index (χ2n) is 5.03. The van der Waals surface area contributed by atoms with E-state index >= 15 is 0 Å². The molecule has 3 nitrogen and oxygen atoms in total. The number of nitrogens with zero attached hydrogens (tertiary/aromatic N) is 2. The first kappa shape index (κ1) is 13.1. The van der Waals surface area contributed by atoms with Crippen molar-refractivity contribution in [2.24, 2.45) is 0 Å². The smallest absolute Gasteiger partial charge is 0.194 e. The Bertz CT molecular complexity index is 753. The van der Waals surface area contributed by atoms with Crippen LogP contribution in [0.25, 0.3) is 11.0 Å². The van der Waals surface area contributed by atoms with Crippen LogP contribution in [-0.2, 0) is 5.60 Å². The van der Waals surface area contributed by atoms with E-state index in [1.807, 2.05) is 59.2 Å². The number of aryl methyl sites for hydroxylation is 1. The van der Waals surface area contributed by atoms with E-state index in [-0.39, 0.29) is 0 Å². The van der Waals surface area contributed by atoms with Gasteiger partial charge in [-0.05, 0) is 25.5 Å². The third kappa shape index (κ3) is 2.28. The van der Waals surface area contributed by atoms with Gasteiger partial charge in [-0.1, -0.05) is 36.4 Å². The Hall–Kier alpha value is -1.91. The molecule has 20 heavy (non-hydrogen) atoms. The molecule has 2 heterocycles. The molecule has 0 spiro atoms. The van der Waals surface area contributed by atoms with Crippen molar-refractivity contribution in [1.82, 2.24) is 9.38 Å². The molecule has 3 rings (SSSR count). The zero-order valence-electron chi connectivity index (χ0n) is 11.4. The zero-order chi connectivity index (χ0) is 14.2. The third-order valence-corrected chi connectivity index (χ3v) is 4.29. The molecule has 0 bridgehead atoms. The van der Waals surface area contributed by atoms with Crippen LogP contribution in [0.4, 0.5) is 0 Å². The van der Waals surface area contributed by atoms with Crippen LogP contribution in [0.2, 0.25) is 0 Å². The van der Waals surface area contributed by atoms with Gasteiger partial charge in [-0.3, -0.25) is 4.40 Å². The average Bonchev–Trinajstić information content (AvgIpc) is 3.02. The van der Waals surface area contributed by atoms with E-state index in [4.69, 9.17) is 0 Å². The summed E-state index contributed by atoms with van der Waals surface area (Å²) in [6.45, 7) is 3.80. The largest absolute Gasteiger partial charge is 0.380 e. The fourth-order valence-electron chi connectivity index (χ4n) is 2.21. The van der Waals surface area contributed by atoms with Gasteiger partial charge < -0.3 is 5.11 Å². The maximum absolute atomic E-state index is 10.7. The van der Waals surface area contributed by atoms with Crippen molar-refractivity contribution in [2.75, 3.05) is 0 Å². The van der Waals surface area contributed by atoms with E-state index in [9.17, 15) is 5.11 Å². The highest BCUT2D eigenvalue weighted by Gasteiger charge is 2.25. The van der Waals surface area contributed by atoms with Gasteiger partial charge in [0.1, 0.15) is 5.60 Å². The lowest BCUT2D eigenvalue weighted by Crippen LogP contribution is -2.20. The number of hydrogen-bond donors (Lipinski definition) is 1. The summed E-state index contributed by atoms with van der Waals surface area (Å²) in [5, 5.41) is 12.8. The summed E-state index contributed by atoms with van der Waals surface area (Å²) in [6, 6.07) is 9.95. The predicted octanol–water partition coefficient (Wildman–Crippen LogP) is 3.63. The predicted molar refractivity (Wildman–Crippen MR) is 82.9 cm³/mol. The molecule has 1 aromatic carbocycles. The highest BCUT2D eigenvalue weighted by atomic mass is 32.1. The van der Waals surface area contributed by atoms with Gasteiger partial charge in [0, 0.05) is 11.1 Å². The molecule has 1 N–H and O–H groups in total. The Kier molecular flexibility index (Phi) is 3.20. The van der Waals surface area contributed by atoms with Crippen molar-refractivity contribution >= 4 is 22.4 Å². The van der Waals surface area contributed by atoms with E-state index in [0.29, 0.717) is 0 Å². The highest BCUT2D eigenvalue weighted by Crippen LogP contribution is 2.27. The summed E-state index contributed by atoms with van der Waals surface area (Å²) >= 11 is 1.58. The fraction of sp³-hybridized carbons (Fsp3) is 0.188. The van der Waals surface area contributed by atoms with E-state index in [1.54, 1.807) is 24.5 Å². The molecular formula is C16H16N2OS. The van der Waals surface area contributed by atoms with E-state index in [1.165, 1.54) is 0 Å². The summed E-state index contributed by atoms with van der Waals surface area (Å²) < 4.78 is 2.00. The second kappa shape index (κ2) is 4.89. The van der Waals surface area contributed by atoms with Gasteiger partial charge in [-0.15, -0.1) is 11.3 Å². The molecule has 0 saturated heterocycles. The molecule has 4 heteroatoms. The minimum atomic E-state index is -1.05. The van der Waals surface area contributed by atoms with Gasteiger partial charge in [0.25, 0.3) is 0 Å². The minimum Gasteiger partial charge on any atom is -0.380 e. The number of aliphatic hydroxyl groups is 1. The number of rotatable bonds is 3. The SMILES string of the molecule is Cc1csc2ncc(C(C)(O)C=Cc3ccccc3)n12. The lowest BCUT2D eigenvalue weighted by molar-refractivity contribution is 0.106. The van der Waals surface area contributed by atoms with Gasteiger partial charge in [0.2, 0.25) is 0 Å². The summed E-state index contributed by atoms with van der Waals surface area (Å²) in [5.41, 5.74) is 1.89. The second-order valence-corrected chi connectivity index (χ2v) is 5.87. The number of hydrogen-bond acceptors (Lipinski definition) is 3. The Morgan fingerprint density at radius 1 is 1.30 bits per heavy atom. The van der Waals surface area contributed by atoms with E-state index in [0.717, 1.165) is 21.9 Å². The normalized spacial score (nSPS) is 14.9. The average molecular weight is 284 g/mol. The topological polar surface area (TPSA) is 37.5 Å². The summed E-state index contributed by atoms with van der Waals surface area (Å²) in [7, 11) is 0. The van der Waals surface area contributed by atoms with Crippen LogP contribution < -0.4 is 0 Å². The molecule has 0 aliphatic heterocycles. The molecule has 0 saturated carbocycles. The van der Waals surface area contributed by atoms with Gasteiger partial charge in [0.15, 0.2) is 4.96 Å². The first-order valence-corrected chi connectivity index (χ1v) is 7.34. The summed E-state index contributed by atoms with van der Waals surface area (Å²) in [4.78, 5) is 5.26. The van der Waals surface area contributed by atoms with Crippen LogP contribution in [0.15, 0.2) is 48.0 Å². The highest BCUT2D eigenvalue weighted by molar-refractivity contribution is 7.15. The van der Waals surface area contributed by atoms with Crippen LogP contribution >= 0.6 is 11.3 Å². The lowest BCUT2D eigenvalue weighted by atomic mass is 10.0. The summed E-state index contributed by atoms with van der Waals surface area (Å²) in [5.74, 6) is 0. The van der Waals surface area contributed by atoms with Gasteiger partial charge in [-0.2, -0.15) is 0 Å². The minimum absolute atomic E-state index is 0.790. The fourth-order valence-corrected chi connectivity index (χ4v) is 3.06. The van der Waals surface area contributed by atoms with Gasteiger partial charge in [-0.25, -0.2) is 4.98 Å². The van der Waals surface area contributed by atoms with Crippen molar-refractivity contribution in [2.45, 2.75) is 19.4 Å². The number of imidazole rings is 1. The lowest BCUT2D eigenvalue weighted by Gasteiger charge is -2.18. The Balaban J connectivity index is 1.99. The van der Waals surface area contributed by atoms with Crippen LogP contribution in [0.5, 0.6) is 0 Å². The van der Waals surface area contributed by atoms with Crippen molar-refractivity contribution in [3.05, 3.63) is 64.9 Å². The zero-order valence-corrected chi connectivity index (χ0v) is 12.3. The van der Waals surface area contributed by atoms with Crippen LogP contribution in [0.3, 0.4) is 0 Å². The molecule has 1 unspecified atom stereocenters. The molecule has 1 atom stereocenters. The first-order chi connectivity index (χ1) is 9.58. The maximum Gasteiger partial charge on any atom is 0.194 e. The van der Waals surface area contributed by atoms with Crippen LogP contribution in [-0.4, -0.2) is 14.5 Å². The Morgan fingerprint density at radius 3 is 2.80 bits per heavy atom. The third-order valence-electron chi connectivity index (χ3n) is 3.34. The van der Waals surface area contributed by atoms with Crippen molar-refractivity contribution in [3.63, 3.8) is 0 Å². The van der Waals surface area contributed by atoms with E-state index in [2.05, 4.69) is 4.98 Å². The molecule has 3 aromatic rings. The Morgan fingerprint density at radius 2 is 2.05 bits per heavy atom. The first-order valence-electron chi connectivity index (χ1n) is 6.46. The number of benzene rings is 1. The summed E-state index contributed by atoms with van der Waals surface area (Å²) in [6.07, 6.45) is 5.48. The number of fused-ring (bicyclic) bond motifs is 1. The van der Waals surface area contributed by atoms with Crippen molar-refractivity contribution < 1.29 is 5.11 Å². The molecular weight excluding hydrogens is 268 g/mol. The molecule has 0 aliphatic rings. The molecule has 102 valence electrons. The number of thiazole rings is 1. The van der Waals surface area contributed by atoms with Gasteiger partial charge >= 0.3 is 0 Å². The van der Waals surface area contributed by atoms with Gasteiger partial charge in [0.05, 0.1) is 11.9 Å². The quantitative estimate of drug-likeness (QED) is 0.797. The van der Waals surface area contributed by atoms with Crippen molar-refractivity contribution in [1.29, 1.82) is 0 Å². The van der Waals surface area contributed by atoms with Crippen LogP contribution in [0, 0.1) is 6.92 Å². The standard InChI is InChI=1S/C16H16N2OS/c1-12-11-20-15-17-10-14(18(12)15)16(2,19)9-8-13-6-4-3-5-7-13/h3-11,19H,1-2H3. The molecule has 0 amide bonds. The molecule has 2 aromatic heterocycles. The molecule has 0 aliphatic carbocycles. The maximum atomic E-state index is 10.7. The monoisotopic (exact) mass is 284 g/mol. The van der Waals surface area contributed by atoms with Crippen molar-refractivity contribution in [3.8, 4) is 0 Å². The molecule has 0 radical (unpaired) electrons. The molecule has 0 fully saturated rings. The number of aromatic nitrogens is 2. The Labute approximate surface area is 121 Å². The van der Waals surface area contributed by atoms with E-state index < -0.39 is 5.60 Å². The van der Waals surface area contributed by atoms with Crippen LogP contribution in [0.1, 0.15) is 23.9 Å².